The molecule has 0 radical (unpaired) electrons. The Labute approximate surface area is 111 Å². The number of hydrogen-bond donors (Lipinski definition) is 1. The summed E-state index contributed by atoms with van der Waals surface area (Å²) in [6.45, 7) is 8.67. The van der Waals surface area contributed by atoms with Gasteiger partial charge in [-0.05, 0) is 20.9 Å². The number of aliphatic hydroxyl groups is 1. The molecular weight excluding hydrogens is 232 g/mol. The average Bonchev–Trinajstić information content (AvgIpc) is 2.31. The van der Waals surface area contributed by atoms with Gasteiger partial charge in [0.2, 0.25) is 0 Å². The number of nitrogens with zero attached hydrogens (tertiary/aromatic N) is 2. The molecule has 1 fully saturated rings. The van der Waals surface area contributed by atoms with Gasteiger partial charge in [0.05, 0.1) is 25.9 Å². The largest absolute Gasteiger partial charge is 0.389 e. The molecule has 0 aromatic carbocycles. The molecule has 1 aliphatic heterocycles. The first-order valence-electron chi connectivity index (χ1n) is 6.73. The summed E-state index contributed by atoms with van der Waals surface area (Å²) in [6.07, 6.45) is -0.412. The summed E-state index contributed by atoms with van der Waals surface area (Å²) in [5.74, 6) is 0. The van der Waals surface area contributed by atoms with Crippen LogP contribution < -0.4 is 0 Å². The lowest BCUT2D eigenvalue weighted by molar-refractivity contribution is -0.0181. The third-order valence-electron chi connectivity index (χ3n) is 3.65. The zero-order chi connectivity index (χ0) is 13.5. The monoisotopic (exact) mass is 260 g/mol. The fourth-order valence-corrected chi connectivity index (χ4v) is 2.38. The third-order valence-corrected chi connectivity index (χ3v) is 3.65. The summed E-state index contributed by atoms with van der Waals surface area (Å²) < 4.78 is 10.2. The molecule has 1 N–H and O–H groups in total. The summed E-state index contributed by atoms with van der Waals surface area (Å²) in [7, 11) is 3.81. The van der Waals surface area contributed by atoms with E-state index < -0.39 is 6.10 Å². The first-order valence-corrected chi connectivity index (χ1v) is 6.73. The Morgan fingerprint density at radius 2 is 1.83 bits per heavy atom. The van der Waals surface area contributed by atoms with Crippen LogP contribution in [0.15, 0.2) is 0 Å². The second-order valence-corrected chi connectivity index (χ2v) is 5.30. The minimum atomic E-state index is -0.412. The van der Waals surface area contributed by atoms with Gasteiger partial charge in [-0.15, -0.1) is 0 Å². The van der Waals surface area contributed by atoms with E-state index in [2.05, 4.69) is 30.7 Å². The number of hydrogen-bond acceptors (Lipinski definition) is 5. The summed E-state index contributed by atoms with van der Waals surface area (Å²) in [5.41, 5.74) is 0. The van der Waals surface area contributed by atoms with Crippen LogP contribution >= 0.6 is 0 Å². The average molecular weight is 260 g/mol. The highest BCUT2D eigenvalue weighted by atomic mass is 16.5. The number of piperazine rings is 1. The highest BCUT2D eigenvalue weighted by molar-refractivity contribution is 4.83. The Morgan fingerprint density at radius 1 is 1.22 bits per heavy atom. The summed E-state index contributed by atoms with van der Waals surface area (Å²) in [4.78, 5) is 4.71. The molecule has 3 unspecified atom stereocenters. The van der Waals surface area contributed by atoms with E-state index in [-0.39, 0.29) is 0 Å². The van der Waals surface area contributed by atoms with Crippen molar-refractivity contribution in [2.24, 2.45) is 0 Å². The van der Waals surface area contributed by atoms with Crippen LogP contribution in [0.25, 0.3) is 0 Å². The van der Waals surface area contributed by atoms with Crippen LogP contribution in [0.5, 0.6) is 0 Å². The number of likely N-dealkylation sites (N-methyl/N-ethyl adjacent to an activating group) is 1. The van der Waals surface area contributed by atoms with Crippen molar-refractivity contribution in [2.45, 2.75) is 32.0 Å². The maximum atomic E-state index is 9.92. The summed E-state index contributed by atoms with van der Waals surface area (Å²) >= 11 is 0. The molecule has 0 aromatic heterocycles. The van der Waals surface area contributed by atoms with Crippen LogP contribution in [0.1, 0.15) is 13.8 Å². The standard InChI is InChI=1S/C13H28N2O3/c1-11-7-15(8-12(2)14(11)3)9-13(16)10-18-6-5-17-4/h11-13,16H,5-10H2,1-4H3. The van der Waals surface area contributed by atoms with Gasteiger partial charge in [0.1, 0.15) is 0 Å². The number of rotatable bonds is 7. The first-order chi connectivity index (χ1) is 8.54. The second kappa shape index (κ2) is 8.07. The van der Waals surface area contributed by atoms with Crippen molar-refractivity contribution in [1.82, 2.24) is 9.80 Å². The fraction of sp³-hybridized carbons (Fsp3) is 1.00. The van der Waals surface area contributed by atoms with Crippen molar-refractivity contribution in [2.75, 3.05) is 53.6 Å². The van der Waals surface area contributed by atoms with E-state index in [1.54, 1.807) is 7.11 Å². The van der Waals surface area contributed by atoms with Gasteiger partial charge >= 0.3 is 0 Å². The van der Waals surface area contributed by atoms with Crippen LogP contribution in [-0.4, -0.2) is 86.7 Å². The van der Waals surface area contributed by atoms with Gasteiger partial charge in [-0.25, -0.2) is 0 Å². The minimum Gasteiger partial charge on any atom is -0.389 e. The molecule has 5 heteroatoms. The van der Waals surface area contributed by atoms with Gasteiger partial charge in [-0.1, -0.05) is 0 Å². The van der Waals surface area contributed by atoms with Crippen LogP contribution in [0.4, 0.5) is 0 Å². The van der Waals surface area contributed by atoms with E-state index in [0.29, 0.717) is 38.4 Å². The maximum absolute atomic E-state index is 9.92. The van der Waals surface area contributed by atoms with Gasteiger partial charge < -0.3 is 14.6 Å². The topological polar surface area (TPSA) is 45.2 Å². The van der Waals surface area contributed by atoms with E-state index in [0.717, 1.165) is 13.1 Å². The molecule has 108 valence electrons. The Morgan fingerprint density at radius 3 is 2.39 bits per heavy atom. The smallest absolute Gasteiger partial charge is 0.0900 e. The van der Waals surface area contributed by atoms with Crippen molar-refractivity contribution >= 4 is 0 Å². The van der Waals surface area contributed by atoms with Crippen molar-refractivity contribution in [3.05, 3.63) is 0 Å². The highest BCUT2D eigenvalue weighted by Crippen LogP contribution is 2.13. The van der Waals surface area contributed by atoms with Crippen molar-refractivity contribution in [3.63, 3.8) is 0 Å². The molecule has 0 aromatic rings. The predicted octanol–water partition coefficient (Wildman–Crippen LogP) is 0.0347. The van der Waals surface area contributed by atoms with E-state index in [9.17, 15) is 5.11 Å². The number of methoxy groups -OCH3 is 1. The Balaban J connectivity index is 2.21. The Kier molecular flexibility index (Phi) is 7.11. The van der Waals surface area contributed by atoms with Crippen LogP contribution in [0, 0.1) is 0 Å². The van der Waals surface area contributed by atoms with Gasteiger partial charge in [0.15, 0.2) is 0 Å². The lowest BCUT2D eigenvalue weighted by atomic mass is 10.1. The molecule has 1 heterocycles. The quantitative estimate of drug-likeness (QED) is 0.655. The van der Waals surface area contributed by atoms with Gasteiger partial charge in [-0.2, -0.15) is 0 Å². The van der Waals surface area contributed by atoms with E-state index in [1.165, 1.54) is 0 Å². The lowest BCUT2D eigenvalue weighted by Crippen LogP contribution is -2.56. The van der Waals surface area contributed by atoms with Crippen LogP contribution in [0.2, 0.25) is 0 Å². The van der Waals surface area contributed by atoms with Crippen LogP contribution in [-0.2, 0) is 9.47 Å². The molecule has 18 heavy (non-hydrogen) atoms. The van der Waals surface area contributed by atoms with E-state index >= 15 is 0 Å². The minimum absolute atomic E-state index is 0.387. The first kappa shape index (κ1) is 15.9. The highest BCUT2D eigenvalue weighted by Gasteiger charge is 2.27. The molecule has 0 saturated carbocycles. The summed E-state index contributed by atoms with van der Waals surface area (Å²) in [5, 5.41) is 9.92. The third kappa shape index (κ3) is 5.20. The number of aliphatic hydroxyl groups excluding tert-OH is 1. The van der Waals surface area contributed by atoms with Crippen molar-refractivity contribution in [1.29, 1.82) is 0 Å². The number of β-amino-alcohol motifs (C(OH)–C–C–N with tert-alkyl or cyclic N) is 1. The molecule has 0 bridgehead atoms. The maximum Gasteiger partial charge on any atom is 0.0900 e. The number of ether oxygens (including phenoxy) is 2. The normalized spacial score (nSPS) is 28.5. The van der Waals surface area contributed by atoms with E-state index in [1.807, 2.05) is 0 Å². The molecule has 0 spiro atoms. The van der Waals surface area contributed by atoms with Gasteiger partial charge in [0.25, 0.3) is 0 Å². The van der Waals surface area contributed by atoms with Gasteiger partial charge in [0, 0.05) is 38.8 Å². The fourth-order valence-electron chi connectivity index (χ4n) is 2.38. The molecule has 3 atom stereocenters. The van der Waals surface area contributed by atoms with Crippen molar-refractivity contribution < 1.29 is 14.6 Å². The van der Waals surface area contributed by atoms with Crippen LogP contribution in [0.3, 0.4) is 0 Å². The molecule has 0 amide bonds. The van der Waals surface area contributed by atoms with Gasteiger partial charge in [-0.3, -0.25) is 9.80 Å². The Bertz CT molecular complexity index is 216. The molecule has 5 nitrogen and oxygen atoms in total. The molecule has 1 aliphatic rings. The molecular formula is C13H28N2O3. The predicted molar refractivity (Wildman–Crippen MR) is 71.8 cm³/mol. The SMILES string of the molecule is COCCOCC(O)CN1CC(C)N(C)C(C)C1. The second-order valence-electron chi connectivity index (χ2n) is 5.30. The molecule has 1 saturated heterocycles. The molecule has 0 aliphatic carbocycles. The molecule has 1 rings (SSSR count). The Hall–Kier alpha value is -0.200. The zero-order valence-electron chi connectivity index (χ0n) is 12.1. The lowest BCUT2D eigenvalue weighted by Gasteiger charge is -2.43. The van der Waals surface area contributed by atoms with E-state index in [4.69, 9.17) is 9.47 Å². The van der Waals surface area contributed by atoms with Crippen molar-refractivity contribution in [3.8, 4) is 0 Å². The summed E-state index contributed by atoms with van der Waals surface area (Å²) in [6, 6.07) is 1.07. The zero-order valence-corrected chi connectivity index (χ0v) is 12.1.